The van der Waals surface area contributed by atoms with E-state index in [4.69, 9.17) is 42.9 Å². The fourth-order valence-electron chi connectivity index (χ4n) is 7.75. The zero-order chi connectivity index (χ0) is 29.3. The van der Waals surface area contributed by atoms with Crippen molar-refractivity contribution in [3.8, 4) is 17.3 Å². The Morgan fingerprint density at radius 3 is 2.72 bits per heavy atom. The number of benzene rings is 1. The van der Waals surface area contributed by atoms with E-state index in [1.165, 1.54) is 18.9 Å². The molecule has 0 radical (unpaired) electrons. The Morgan fingerprint density at radius 2 is 1.91 bits per heavy atom. The Bertz CT molecular complexity index is 1780. The van der Waals surface area contributed by atoms with Gasteiger partial charge in [0, 0.05) is 46.8 Å². The minimum atomic E-state index is -0.0302. The first-order valence-electron chi connectivity index (χ1n) is 14.9. The van der Waals surface area contributed by atoms with Gasteiger partial charge < -0.3 is 14.5 Å². The standard InChI is InChI=1S/C32H31Cl2N7O2/c1-2-26(42)40-13-8-24-25(40)17-41(24)30-20-14-23(34)28(21-16-35-15-19-6-3-7-22(33)27(19)21)36-29(20)37-31(38-30)43-18-32-9-4-11-39(32)12-5-10-32/h2-3,6-7,14-16,24-25H,1,4-5,8-13,17-18H2/t24-,25-/m1/s1. The average Bonchev–Trinajstić information content (AvgIpc) is 3.68. The number of hydrogen-bond donors (Lipinski definition) is 0. The van der Waals surface area contributed by atoms with Gasteiger partial charge in [0.15, 0.2) is 5.65 Å². The molecule has 8 rings (SSSR count). The summed E-state index contributed by atoms with van der Waals surface area (Å²) in [5, 5.41) is 3.54. The SMILES string of the molecule is C=CC(=O)N1CC[C@@H]2[C@H]1CN2c1nc(OCC23CCCN2CCC3)nc2nc(-c3cncc4cccc(Cl)c34)c(Cl)cc12. The van der Waals surface area contributed by atoms with Gasteiger partial charge in [0.1, 0.15) is 12.4 Å². The quantitative estimate of drug-likeness (QED) is 0.262. The van der Waals surface area contributed by atoms with E-state index in [0.29, 0.717) is 47.1 Å². The number of likely N-dealkylation sites (tertiary alicyclic amines) is 1. The number of nitrogens with zero attached hydrogens (tertiary/aromatic N) is 7. The van der Waals surface area contributed by atoms with Crippen molar-refractivity contribution in [1.82, 2.24) is 29.7 Å². The van der Waals surface area contributed by atoms with Gasteiger partial charge in [-0.05, 0) is 63.4 Å². The first-order chi connectivity index (χ1) is 21.0. The van der Waals surface area contributed by atoms with Crippen molar-refractivity contribution in [2.45, 2.75) is 49.7 Å². The minimum Gasteiger partial charge on any atom is -0.461 e. The van der Waals surface area contributed by atoms with E-state index in [1.807, 2.05) is 29.2 Å². The van der Waals surface area contributed by atoms with Gasteiger partial charge in [-0.1, -0.05) is 41.9 Å². The molecule has 11 heteroatoms. The van der Waals surface area contributed by atoms with E-state index in [2.05, 4.69) is 21.4 Å². The van der Waals surface area contributed by atoms with Crippen molar-refractivity contribution in [3.63, 3.8) is 0 Å². The molecule has 4 fully saturated rings. The topological polar surface area (TPSA) is 87.6 Å². The molecule has 0 bridgehead atoms. The lowest BCUT2D eigenvalue weighted by molar-refractivity contribution is -0.127. The maximum absolute atomic E-state index is 12.4. The van der Waals surface area contributed by atoms with Crippen molar-refractivity contribution >= 4 is 56.7 Å². The fraction of sp³-hybridized carbons (Fsp3) is 0.406. The number of carbonyl (C=O) groups excluding carboxylic acids is 1. The van der Waals surface area contributed by atoms with E-state index in [1.54, 1.807) is 12.4 Å². The molecule has 220 valence electrons. The molecule has 3 aromatic heterocycles. The number of ether oxygens (including phenoxy) is 1. The normalized spacial score (nSPS) is 22.6. The molecule has 4 aliphatic rings. The molecule has 4 aliphatic heterocycles. The smallest absolute Gasteiger partial charge is 0.320 e. The van der Waals surface area contributed by atoms with Crippen LogP contribution in [0.15, 0.2) is 49.3 Å². The average molecular weight is 617 g/mol. The Morgan fingerprint density at radius 1 is 1.07 bits per heavy atom. The van der Waals surface area contributed by atoms with Crippen molar-refractivity contribution in [2.24, 2.45) is 0 Å². The third kappa shape index (κ3) is 4.27. The van der Waals surface area contributed by atoms with Gasteiger partial charge in [0.05, 0.1) is 33.7 Å². The minimum absolute atomic E-state index is 0.0302. The van der Waals surface area contributed by atoms with Gasteiger partial charge in [-0.3, -0.25) is 14.7 Å². The second-order valence-corrected chi connectivity index (χ2v) is 12.9. The molecule has 0 spiro atoms. The molecule has 4 saturated heterocycles. The van der Waals surface area contributed by atoms with E-state index < -0.39 is 0 Å². The van der Waals surface area contributed by atoms with Crippen LogP contribution in [0.2, 0.25) is 10.0 Å². The van der Waals surface area contributed by atoms with Crippen LogP contribution in [0.3, 0.4) is 0 Å². The van der Waals surface area contributed by atoms with Gasteiger partial charge in [-0.2, -0.15) is 9.97 Å². The summed E-state index contributed by atoms with van der Waals surface area (Å²) in [5.74, 6) is 0.703. The third-order valence-corrected chi connectivity index (χ3v) is 10.5. The van der Waals surface area contributed by atoms with Gasteiger partial charge in [0.25, 0.3) is 0 Å². The summed E-state index contributed by atoms with van der Waals surface area (Å²) in [5.41, 5.74) is 1.84. The van der Waals surface area contributed by atoms with Crippen LogP contribution in [-0.4, -0.2) is 86.1 Å². The number of anilines is 1. The van der Waals surface area contributed by atoms with E-state index >= 15 is 0 Å². The van der Waals surface area contributed by atoms with Crippen molar-refractivity contribution in [2.75, 3.05) is 37.7 Å². The summed E-state index contributed by atoms with van der Waals surface area (Å²) in [7, 11) is 0. The summed E-state index contributed by atoms with van der Waals surface area (Å²) in [6.45, 7) is 7.83. The summed E-state index contributed by atoms with van der Waals surface area (Å²) >= 11 is 13.6. The maximum atomic E-state index is 12.4. The largest absolute Gasteiger partial charge is 0.461 e. The Kier molecular flexibility index (Phi) is 6.47. The van der Waals surface area contributed by atoms with Crippen molar-refractivity contribution in [3.05, 3.63) is 59.4 Å². The molecule has 2 atom stereocenters. The zero-order valence-electron chi connectivity index (χ0n) is 23.7. The summed E-state index contributed by atoms with van der Waals surface area (Å²) < 4.78 is 6.44. The Labute approximate surface area is 259 Å². The van der Waals surface area contributed by atoms with Gasteiger partial charge in [-0.15, -0.1) is 0 Å². The van der Waals surface area contributed by atoms with Gasteiger partial charge >= 0.3 is 6.01 Å². The highest BCUT2D eigenvalue weighted by Gasteiger charge is 2.49. The number of hydrogen-bond acceptors (Lipinski definition) is 8. The molecule has 9 nitrogen and oxygen atoms in total. The predicted molar refractivity (Wildman–Crippen MR) is 168 cm³/mol. The van der Waals surface area contributed by atoms with Crippen LogP contribution in [0, 0.1) is 0 Å². The number of amides is 1. The molecule has 7 heterocycles. The van der Waals surface area contributed by atoms with Crippen LogP contribution in [0.25, 0.3) is 33.1 Å². The highest BCUT2D eigenvalue weighted by Crippen LogP contribution is 2.43. The van der Waals surface area contributed by atoms with Gasteiger partial charge in [-0.25, -0.2) is 4.98 Å². The van der Waals surface area contributed by atoms with Crippen molar-refractivity contribution < 1.29 is 9.53 Å². The summed E-state index contributed by atoms with van der Waals surface area (Å²) in [4.78, 5) is 38.4. The molecule has 0 aliphatic carbocycles. The number of aromatic nitrogens is 4. The fourth-order valence-corrected chi connectivity index (χ4v) is 8.29. The van der Waals surface area contributed by atoms with Crippen LogP contribution in [-0.2, 0) is 4.79 Å². The monoisotopic (exact) mass is 615 g/mol. The summed E-state index contributed by atoms with van der Waals surface area (Å²) in [6.07, 6.45) is 10.4. The lowest BCUT2D eigenvalue weighted by Crippen LogP contribution is -2.63. The second-order valence-electron chi connectivity index (χ2n) is 12.1. The number of carbonyl (C=O) groups is 1. The molecule has 1 aromatic carbocycles. The lowest BCUT2D eigenvalue weighted by atomic mass is 9.95. The maximum Gasteiger partial charge on any atom is 0.320 e. The first-order valence-corrected chi connectivity index (χ1v) is 15.7. The predicted octanol–water partition coefficient (Wildman–Crippen LogP) is 5.53. The number of halogens is 2. The van der Waals surface area contributed by atoms with Crippen LogP contribution in [0.5, 0.6) is 6.01 Å². The van der Waals surface area contributed by atoms with Crippen LogP contribution < -0.4 is 9.64 Å². The highest BCUT2D eigenvalue weighted by molar-refractivity contribution is 6.38. The molecular formula is C32H31Cl2N7O2. The zero-order valence-corrected chi connectivity index (χ0v) is 25.2. The molecule has 0 unspecified atom stereocenters. The first kappa shape index (κ1) is 27.0. The number of fused-ring (bicyclic) bond motifs is 4. The number of pyridine rings is 2. The van der Waals surface area contributed by atoms with Crippen LogP contribution >= 0.6 is 23.2 Å². The highest BCUT2D eigenvalue weighted by atomic mass is 35.5. The summed E-state index contributed by atoms with van der Waals surface area (Å²) in [6, 6.07) is 8.19. The van der Waals surface area contributed by atoms with Crippen molar-refractivity contribution in [1.29, 1.82) is 0 Å². The van der Waals surface area contributed by atoms with Gasteiger partial charge in [0.2, 0.25) is 5.91 Å². The number of rotatable bonds is 6. The lowest BCUT2D eigenvalue weighted by Gasteiger charge is -2.47. The van der Waals surface area contributed by atoms with E-state index in [-0.39, 0.29) is 23.5 Å². The van der Waals surface area contributed by atoms with Crippen LogP contribution in [0.4, 0.5) is 5.82 Å². The van der Waals surface area contributed by atoms with Crippen LogP contribution in [0.1, 0.15) is 32.1 Å². The van der Waals surface area contributed by atoms with E-state index in [9.17, 15) is 4.79 Å². The molecule has 0 N–H and O–H groups in total. The van der Waals surface area contributed by atoms with E-state index in [0.717, 1.165) is 59.9 Å². The third-order valence-electron chi connectivity index (χ3n) is 9.89. The molecule has 43 heavy (non-hydrogen) atoms. The Balaban J connectivity index is 1.22. The second kappa shape index (κ2) is 10.3. The molecular weight excluding hydrogens is 585 g/mol. The molecule has 0 saturated carbocycles. The molecule has 1 amide bonds. The molecule has 4 aromatic rings. The Hall–Kier alpha value is -3.53.